The van der Waals surface area contributed by atoms with Crippen LogP contribution in [0.15, 0.2) is 0 Å². The first-order valence-corrected chi connectivity index (χ1v) is 2.09. The van der Waals surface area contributed by atoms with Gasteiger partial charge in [-0.05, 0) is 0 Å². The van der Waals surface area contributed by atoms with E-state index >= 15 is 0 Å². The SMILES string of the molecule is N=CCBr. The average molecular weight is 122 g/mol. The van der Waals surface area contributed by atoms with E-state index in [0.29, 0.717) is 5.33 Å². The summed E-state index contributed by atoms with van der Waals surface area (Å²) in [4.78, 5) is 0. The Hall–Kier alpha value is 0.150. The molecule has 0 saturated heterocycles. The number of hydrogen-bond acceptors (Lipinski definition) is 1. The molecule has 0 aromatic carbocycles. The van der Waals surface area contributed by atoms with Gasteiger partial charge in [0.25, 0.3) is 0 Å². The van der Waals surface area contributed by atoms with Crippen LogP contribution in [0, 0.1) is 5.41 Å². The molecule has 24 valence electrons. The Morgan fingerprint density at radius 1 is 2.00 bits per heavy atom. The monoisotopic (exact) mass is 121 g/mol. The summed E-state index contributed by atoms with van der Waals surface area (Å²) in [5.74, 6) is 0. The zero-order chi connectivity index (χ0) is 3.41. The molecule has 0 spiro atoms. The van der Waals surface area contributed by atoms with Crippen LogP contribution in [0.2, 0.25) is 0 Å². The van der Waals surface area contributed by atoms with E-state index in [-0.39, 0.29) is 0 Å². The van der Waals surface area contributed by atoms with Crippen LogP contribution in [0.4, 0.5) is 0 Å². The fraction of sp³-hybridized carbons (Fsp3) is 0.500. The molecule has 0 fully saturated rings. The van der Waals surface area contributed by atoms with E-state index < -0.39 is 0 Å². The Bertz CT molecular complexity index is 20.0. The highest BCUT2D eigenvalue weighted by Crippen LogP contribution is 1.65. The van der Waals surface area contributed by atoms with Gasteiger partial charge in [-0.25, -0.2) is 0 Å². The predicted octanol–water partition coefficient (Wildman–Crippen LogP) is 1.03. The van der Waals surface area contributed by atoms with E-state index in [4.69, 9.17) is 5.41 Å². The van der Waals surface area contributed by atoms with Crippen molar-refractivity contribution in [3.8, 4) is 0 Å². The third kappa shape index (κ3) is 2.15. The van der Waals surface area contributed by atoms with E-state index in [0.717, 1.165) is 0 Å². The summed E-state index contributed by atoms with van der Waals surface area (Å²) in [6, 6.07) is 0. The standard InChI is InChI=1S/C2H4BrN/c3-1-2-4/h2,4H,1H2. The second-order valence-corrected chi connectivity index (χ2v) is 1.01. The van der Waals surface area contributed by atoms with Crippen molar-refractivity contribution < 1.29 is 0 Å². The fourth-order valence-corrected chi connectivity index (χ4v) is 0. The van der Waals surface area contributed by atoms with Crippen LogP contribution in [0.25, 0.3) is 0 Å². The molecule has 0 unspecified atom stereocenters. The maximum Gasteiger partial charge on any atom is 0.0379 e. The van der Waals surface area contributed by atoms with Crippen molar-refractivity contribution in [3.05, 3.63) is 0 Å². The number of rotatable bonds is 1. The van der Waals surface area contributed by atoms with Crippen LogP contribution in [-0.4, -0.2) is 11.5 Å². The molecule has 0 aromatic heterocycles. The van der Waals surface area contributed by atoms with E-state index in [9.17, 15) is 0 Å². The second kappa shape index (κ2) is 3.15. The Labute approximate surface area is 33.7 Å². The van der Waals surface area contributed by atoms with Gasteiger partial charge in [0.05, 0.1) is 0 Å². The van der Waals surface area contributed by atoms with Crippen LogP contribution in [0.3, 0.4) is 0 Å². The van der Waals surface area contributed by atoms with Crippen molar-refractivity contribution in [2.45, 2.75) is 0 Å². The van der Waals surface area contributed by atoms with Crippen LogP contribution in [-0.2, 0) is 0 Å². The lowest BCUT2D eigenvalue weighted by Crippen LogP contribution is -1.59. The van der Waals surface area contributed by atoms with Gasteiger partial charge in [0.2, 0.25) is 0 Å². The molecule has 1 N–H and O–H groups in total. The first-order valence-electron chi connectivity index (χ1n) is 0.964. The summed E-state index contributed by atoms with van der Waals surface area (Å²) >= 11 is 3.01. The lowest BCUT2D eigenvalue weighted by Gasteiger charge is -1.53. The second-order valence-electron chi connectivity index (χ2n) is 0.358. The molecule has 0 heterocycles. The van der Waals surface area contributed by atoms with Crippen LogP contribution < -0.4 is 0 Å². The van der Waals surface area contributed by atoms with Gasteiger partial charge in [0, 0.05) is 11.5 Å². The molecule has 4 heavy (non-hydrogen) atoms. The molecule has 0 aliphatic rings. The Kier molecular flexibility index (Phi) is 3.27. The smallest absolute Gasteiger partial charge is 0.0379 e. The van der Waals surface area contributed by atoms with Crippen molar-refractivity contribution >= 4 is 22.1 Å². The van der Waals surface area contributed by atoms with Gasteiger partial charge in [0.15, 0.2) is 0 Å². The van der Waals surface area contributed by atoms with E-state index in [1.54, 1.807) is 0 Å². The Morgan fingerprint density at radius 2 is 2.25 bits per heavy atom. The van der Waals surface area contributed by atoms with Crippen LogP contribution >= 0.6 is 15.9 Å². The third-order valence-corrected chi connectivity index (χ3v) is 0.401. The molecular weight excluding hydrogens is 118 g/mol. The van der Waals surface area contributed by atoms with Crippen molar-refractivity contribution in [1.82, 2.24) is 0 Å². The Morgan fingerprint density at radius 3 is 2.25 bits per heavy atom. The van der Waals surface area contributed by atoms with Gasteiger partial charge >= 0.3 is 0 Å². The molecule has 0 amide bonds. The molecule has 0 saturated carbocycles. The predicted molar refractivity (Wildman–Crippen MR) is 22.6 cm³/mol. The Balaban J connectivity index is 2.30. The number of nitrogens with one attached hydrogen (secondary N) is 1. The summed E-state index contributed by atoms with van der Waals surface area (Å²) < 4.78 is 0. The largest absolute Gasteiger partial charge is 0.312 e. The summed E-state index contributed by atoms with van der Waals surface area (Å²) in [7, 11) is 0. The van der Waals surface area contributed by atoms with E-state index in [2.05, 4.69) is 15.9 Å². The van der Waals surface area contributed by atoms with Gasteiger partial charge < -0.3 is 5.41 Å². The molecule has 0 atom stereocenters. The summed E-state index contributed by atoms with van der Waals surface area (Å²) in [6.45, 7) is 0. The van der Waals surface area contributed by atoms with E-state index in [1.807, 2.05) is 0 Å². The van der Waals surface area contributed by atoms with Gasteiger partial charge in [-0.15, -0.1) is 0 Å². The topological polar surface area (TPSA) is 23.9 Å². The van der Waals surface area contributed by atoms with E-state index in [1.165, 1.54) is 6.21 Å². The van der Waals surface area contributed by atoms with Crippen molar-refractivity contribution in [1.29, 1.82) is 5.41 Å². The quantitative estimate of drug-likeness (QED) is 0.396. The summed E-state index contributed by atoms with van der Waals surface area (Å²) in [5, 5.41) is 6.95. The molecule has 1 nitrogen and oxygen atoms in total. The molecular formula is C2H4BrN. The molecule has 0 radical (unpaired) electrons. The van der Waals surface area contributed by atoms with Gasteiger partial charge in [0.1, 0.15) is 0 Å². The van der Waals surface area contributed by atoms with Crippen LogP contribution in [0.5, 0.6) is 0 Å². The maximum atomic E-state index is 6.28. The minimum Gasteiger partial charge on any atom is -0.312 e. The highest BCUT2D eigenvalue weighted by Gasteiger charge is 1.50. The van der Waals surface area contributed by atoms with Crippen molar-refractivity contribution in [2.24, 2.45) is 0 Å². The fourth-order valence-electron chi connectivity index (χ4n) is 0. The molecule has 2 heteroatoms. The van der Waals surface area contributed by atoms with Crippen LogP contribution in [0.1, 0.15) is 0 Å². The molecule has 0 aromatic rings. The van der Waals surface area contributed by atoms with Gasteiger partial charge in [-0.3, -0.25) is 0 Å². The maximum absolute atomic E-state index is 6.28. The number of halogens is 1. The molecule has 0 aliphatic carbocycles. The average Bonchev–Trinajstić information content (AvgIpc) is 1.37. The lowest BCUT2D eigenvalue weighted by molar-refractivity contribution is 1.56. The molecule has 0 aliphatic heterocycles. The highest BCUT2D eigenvalue weighted by atomic mass is 79.9. The molecule has 0 rings (SSSR count). The highest BCUT2D eigenvalue weighted by molar-refractivity contribution is 9.09. The zero-order valence-electron chi connectivity index (χ0n) is 2.16. The minimum absolute atomic E-state index is 0.674. The first kappa shape index (κ1) is 4.15. The summed E-state index contributed by atoms with van der Waals surface area (Å²) in [6.07, 6.45) is 1.29. The van der Waals surface area contributed by atoms with Crippen molar-refractivity contribution in [2.75, 3.05) is 5.33 Å². The first-order chi connectivity index (χ1) is 1.91. The zero-order valence-corrected chi connectivity index (χ0v) is 3.75. The normalized spacial score (nSPS) is 6.25. The number of hydrogen-bond donors (Lipinski definition) is 1. The van der Waals surface area contributed by atoms with Gasteiger partial charge in [-0.1, -0.05) is 15.9 Å². The lowest BCUT2D eigenvalue weighted by atomic mass is 10.9. The minimum atomic E-state index is 0.674. The molecule has 0 bridgehead atoms. The summed E-state index contributed by atoms with van der Waals surface area (Å²) in [5.41, 5.74) is 0. The van der Waals surface area contributed by atoms with Crippen molar-refractivity contribution in [3.63, 3.8) is 0 Å². The van der Waals surface area contributed by atoms with Gasteiger partial charge in [-0.2, -0.15) is 0 Å². The third-order valence-electron chi connectivity index (χ3n) is 0.0772. The number of alkyl halides is 1.